The first-order chi connectivity index (χ1) is 8.58. The van der Waals surface area contributed by atoms with Crippen molar-refractivity contribution in [2.75, 3.05) is 24.4 Å². The predicted octanol–water partition coefficient (Wildman–Crippen LogP) is 2.32. The number of anilines is 2. The highest BCUT2D eigenvalue weighted by Gasteiger charge is 2.35. The van der Waals surface area contributed by atoms with Crippen LogP contribution in [0.15, 0.2) is 23.1 Å². The minimum absolute atomic E-state index is 0.257. The summed E-state index contributed by atoms with van der Waals surface area (Å²) in [6.45, 7) is 1.78. The number of ether oxygens (including phenoxy) is 1. The molecule has 1 aliphatic heterocycles. The van der Waals surface area contributed by atoms with Crippen molar-refractivity contribution in [1.82, 2.24) is 0 Å². The molecular formula is C12H14N2O3S. The van der Waals surface area contributed by atoms with E-state index in [1.54, 1.807) is 20.0 Å². The molecule has 0 spiro atoms. The number of imide groups is 1. The number of nitrogens with zero attached hydrogens (tertiary/aromatic N) is 1. The molecular weight excluding hydrogens is 252 g/mol. The van der Waals surface area contributed by atoms with Gasteiger partial charge in [0.25, 0.3) is 0 Å². The van der Waals surface area contributed by atoms with Gasteiger partial charge in [-0.15, -0.1) is 11.8 Å². The molecule has 1 aromatic carbocycles. The second-order valence-corrected chi connectivity index (χ2v) is 5.22. The molecule has 0 fully saturated rings. The molecule has 18 heavy (non-hydrogen) atoms. The number of nitrogens with one attached hydrogen (secondary N) is 1. The first-order valence-electron chi connectivity index (χ1n) is 5.49. The Morgan fingerprint density at radius 2 is 2.22 bits per heavy atom. The summed E-state index contributed by atoms with van der Waals surface area (Å²) in [7, 11) is 3.05. The van der Waals surface area contributed by atoms with Crippen LogP contribution < -0.4 is 10.2 Å². The van der Waals surface area contributed by atoms with Crippen LogP contribution in [0.4, 0.5) is 16.2 Å². The molecule has 1 heterocycles. The van der Waals surface area contributed by atoms with E-state index >= 15 is 0 Å². The van der Waals surface area contributed by atoms with Crippen LogP contribution in [0.2, 0.25) is 0 Å². The van der Waals surface area contributed by atoms with Crippen LogP contribution in [-0.4, -0.2) is 31.4 Å². The molecule has 1 unspecified atom stereocenters. The van der Waals surface area contributed by atoms with Gasteiger partial charge in [0.05, 0.1) is 18.0 Å². The van der Waals surface area contributed by atoms with E-state index in [0.717, 1.165) is 15.5 Å². The Morgan fingerprint density at radius 3 is 2.83 bits per heavy atom. The summed E-state index contributed by atoms with van der Waals surface area (Å²) in [5, 5.41) is 2.69. The SMILES string of the molecule is CNc1ccc2c(c1)N(C(=O)OC)C(=O)C(C)S2. The smallest absolute Gasteiger partial charge is 0.421 e. The summed E-state index contributed by atoms with van der Waals surface area (Å²) < 4.78 is 4.68. The minimum atomic E-state index is -0.651. The zero-order valence-corrected chi connectivity index (χ0v) is 11.2. The van der Waals surface area contributed by atoms with E-state index in [0.29, 0.717) is 5.69 Å². The number of rotatable bonds is 1. The Hall–Kier alpha value is -1.69. The second-order valence-electron chi connectivity index (χ2n) is 3.84. The van der Waals surface area contributed by atoms with Crippen LogP contribution in [0, 0.1) is 0 Å². The van der Waals surface area contributed by atoms with Gasteiger partial charge in [-0.05, 0) is 25.1 Å². The maximum Gasteiger partial charge on any atom is 0.421 e. The number of fused-ring (bicyclic) bond motifs is 1. The molecule has 1 aromatic rings. The maximum atomic E-state index is 12.1. The summed E-state index contributed by atoms with van der Waals surface area (Å²) in [5.41, 5.74) is 1.41. The van der Waals surface area contributed by atoms with Crippen molar-refractivity contribution in [3.63, 3.8) is 0 Å². The highest BCUT2D eigenvalue weighted by Crippen LogP contribution is 2.40. The third-order valence-electron chi connectivity index (χ3n) is 2.72. The molecule has 1 atom stereocenters. The number of hydrogen-bond donors (Lipinski definition) is 1. The highest BCUT2D eigenvalue weighted by molar-refractivity contribution is 8.01. The lowest BCUT2D eigenvalue weighted by Gasteiger charge is -2.29. The topological polar surface area (TPSA) is 58.6 Å². The van der Waals surface area contributed by atoms with Crippen molar-refractivity contribution in [3.8, 4) is 0 Å². The van der Waals surface area contributed by atoms with E-state index in [-0.39, 0.29) is 11.2 Å². The van der Waals surface area contributed by atoms with E-state index in [1.165, 1.54) is 18.9 Å². The highest BCUT2D eigenvalue weighted by atomic mass is 32.2. The van der Waals surface area contributed by atoms with Crippen molar-refractivity contribution in [3.05, 3.63) is 18.2 Å². The molecule has 2 amide bonds. The van der Waals surface area contributed by atoms with Crippen molar-refractivity contribution >= 4 is 35.1 Å². The summed E-state index contributed by atoms with van der Waals surface area (Å²) in [4.78, 5) is 25.8. The van der Waals surface area contributed by atoms with Crippen LogP contribution in [0.3, 0.4) is 0 Å². The average molecular weight is 266 g/mol. The van der Waals surface area contributed by atoms with Gasteiger partial charge in [0.1, 0.15) is 0 Å². The van der Waals surface area contributed by atoms with Gasteiger partial charge in [-0.3, -0.25) is 4.79 Å². The Kier molecular flexibility index (Phi) is 3.47. The van der Waals surface area contributed by atoms with Gasteiger partial charge in [0, 0.05) is 17.6 Å². The molecule has 0 bridgehead atoms. The zero-order valence-electron chi connectivity index (χ0n) is 10.4. The molecule has 1 aliphatic rings. The first-order valence-corrected chi connectivity index (χ1v) is 6.36. The lowest BCUT2D eigenvalue weighted by Crippen LogP contribution is -2.44. The monoisotopic (exact) mass is 266 g/mol. The molecule has 96 valence electrons. The van der Waals surface area contributed by atoms with E-state index < -0.39 is 6.09 Å². The third kappa shape index (κ3) is 2.03. The van der Waals surface area contributed by atoms with Gasteiger partial charge >= 0.3 is 6.09 Å². The van der Waals surface area contributed by atoms with Gasteiger partial charge in [0.15, 0.2) is 0 Å². The van der Waals surface area contributed by atoms with Crippen molar-refractivity contribution in [1.29, 1.82) is 0 Å². The van der Waals surface area contributed by atoms with Crippen LogP contribution in [0.1, 0.15) is 6.92 Å². The van der Waals surface area contributed by atoms with Gasteiger partial charge in [0.2, 0.25) is 5.91 Å². The van der Waals surface area contributed by atoms with Crippen LogP contribution >= 0.6 is 11.8 Å². The fourth-order valence-electron chi connectivity index (χ4n) is 1.77. The quantitative estimate of drug-likeness (QED) is 0.845. The number of benzene rings is 1. The largest absolute Gasteiger partial charge is 0.452 e. The number of methoxy groups -OCH3 is 1. The van der Waals surface area contributed by atoms with E-state index in [1.807, 2.05) is 12.1 Å². The zero-order chi connectivity index (χ0) is 13.3. The molecule has 5 nitrogen and oxygen atoms in total. The fraction of sp³-hybridized carbons (Fsp3) is 0.333. The number of carbonyl (C=O) groups excluding carboxylic acids is 2. The molecule has 6 heteroatoms. The van der Waals surface area contributed by atoms with E-state index in [4.69, 9.17) is 0 Å². The Bertz CT molecular complexity index is 504. The standard InChI is InChI=1S/C12H14N2O3S/c1-7-11(15)14(12(16)17-3)9-6-8(13-2)4-5-10(9)18-7/h4-7,13H,1-3H3. The summed E-state index contributed by atoms with van der Waals surface area (Å²) >= 11 is 1.44. The lowest BCUT2D eigenvalue weighted by molar-refractivity contribution is -0.117. The second kappa shape index (κ2) is 4.89. The van der Waals surface area contributed by atoms with Gasteiger partial charge in [-0.2, -0.15) is 0 Å². The molecule has 2 rings (SSSR count). The number of hydrogen-bond acceptors (Lipinski definition) is 5. The molecule has 0 saturated heterocycles. The van der Waals surface area contributed by atoms with Gasteiger partial charge in [-0.25, -0.2) is 9.69 Å². The van der Waals surface area contributed by atoms with Crippen LogP contribution in [-0.2, 0) is 9.53 Å². The normalized spacial score (nSPS) is 18.3. The van der Waals surface area contributed by atoms with Gasteiger partial charge < -0.3 is 10.1 Å². The van der Waals surface area contributed by atoms with Gasteiger partial charge in [-0.1, -0.05) is 0 Å². The number of amides is 2. The van der Waals surface area contributed by atoms with E-state index in [9.17, 15) is 9.59 Å². The van der Waals surface area contributed by atoms with Crippen LogP contribution in [0.5, 0.6) is 0 Å². The molecule has 0 radical (unpaired) electrons. The lowest BCUT2D eigenvalue weighted by atomic mass is 10.2. The van der Waals surface area contributed by atoms with Crippen LogP contribution in [0.25, 0.3) is 0 Å². The molecule has 1 N–H and O–H groups in total. The van der Waals surface area contributed by atoms with Crippen molar-refractivity contribution < 1.29 is 14.3 Å². The Labute approximate surface area is 109 Å². The summed E-state index contributed by atoms with van der Waals surface area (Å²) in [6.07, 6.45) is -0.651. The molecule has 0 aliphatic carbocycles. The molecule has 0 saturated carbocycles. The number of carbonyl (C=O) groups is 2. The third-order valence-corrected chi connectivity index (χ3v) is 3.87. The first kappa shape index (κ1) is 12.8. The fourth-order valence-corrected chi connectivity index (χ4v) is 2.77. The average Bonchev–Trinajstić information content (AvgIpc) is 2.39. The number of thioether (sulfide) groups is 1. The predicted molar refractivity (Wildman–Crippen MR) is 71.2 cm³/mol. The van der Waals surface area contributed by atoms with Crippen molar-refractivity contribution in [2.24, 2.45) is 0 Å². The molecule has 0 aromatic heterocycles. The minimum Gasteiger partial charge on any atom is -0.452 e. The maximum absolute atomic E-state index is 12.1. The summed E-state index contributed by atoms with van der Waals surface area (Å²) in [6, 6.07) is 5.57. The van der Waals surface area contributed by atoms with E-state index in [2.05, 4.69) is 10.1 Å². The Morgan fingerprint density at radius 1 is 1.50 bits per heavy atom. The van der Waals surface area contributed by atoms with Crippen molar-refractivity contribution in [2.45, 2.75) is 17.1 Å². The summed E-state index contributed by atoms with van der Waals surface area (Å²) in [5.74, 6) is -0.257. The Balaban J connectivity index is 2.53.